The van der Waals surface area contributed by atoms with Gasteiger partial charge in [-0.15, -0.1) is 0 Å². The molecule has 2 aromatic heterocycles. The first-order valence-corrected chi connectivity index (χ1v) is 10.4. The highest BCUT2D eigenvalue weighted by Gasteiger charge is 2.27. The summed E-state index contributed by atoms with van der Waals surface area (Å²) in [4.78, 5) is 12.5. The first-order chi connectivity index (χ1) is 13.0. The van der Waals surface area contributed by atoms with Gasteiger partial charge in [-0.25, -0.2) is 12.9 Å². The Morgan fingerprint density at radius 1 is 1.11 bits per heavy atom. The normalized spacial score (nSPS) is 16.4. The summed E-state index contributed by atoms with van der Waals surface area (Å²) in [6.45, 7) is 0.461. The number of hydrogen-bond acceptors (Lipinski definition) is 4. The molecule has 1 N–H and O–H groups in total. The topological polar surface area (TPSA) is 83.8 Å². The van der Waals surface area contributed by atoms with Gasteiger partial charge < -0.3 is 5.32 Å². The van der Waals surface area contributed by atoms with Crippen molar-refractivity contribution in [3.05, 3.63) is 54.2 Å². The van der Waals surface area contributed by atoms with Crippen LogP contribution in [0.25, 0.3) is 16.8 Å². The Labute approximate surface area is 157 Å². The lowest BCUT2D eigenvalue weighted by molar-refractivity contribution is 0.0965. The molecule has 0 aliphatic carbocycles. The van der Waals surface area contributed by atoms with Crippen molar-refractivity contribution in [3.8, 4) is 11.3 Å². The Balaban J connectivity index is 1.89. The summed E-state index contributed by atoms with van der Waals surface area (Å²) in [6, 6.07) is 13.0. The van der Waals surface area contributed by atoms with Crippen LogP contribution in [0.15, 0.2) is 48.7 Å². The van der Waals surface area contributed by atoms with Crippen molar-refractivity contribution in [1.82, 2.24) is 14.9 Å². The molecule has 7 nitrogen and oxygen atoms in total. The lowest BCUT2D eigenvalue weighted by atomic mass is 10.1. The fourth-order valence-electron chi connectivity index (χ4n) is 3.41. The lowest BCUT2D eigenvalue weighted by Crippen LogP contribution is -2.37. The third kappa shape index (κ3) is 3.06. The first kappa shape index (κ1) is 17.5. The summed E-state index contributed by atoms with van der Waals surface area (Å²) in [5.41, 5.74) is 3.05. The number of benzene rings is 1. The smallest absolute Gasteiger partial charge is 0.255 e. The van der Waals surface area contributed by atoms with Gasteiger partial charge in [-0.3, -0.25) is 9.10 Å². The number of carbonyl (C=O) groups excluding carboxylic acids is 1. The van der Waals surface area contributed by atoms with E-state index in [1.807, 2.05) is 30.3 Å². The van der Waals surface area contributed by atoms with Crippen molar-refractivity contribution in [2.24, 2.45) is 0 Å². The van der Waals surface area contributed by atoms with Gasteiger partial charge in [0.25, 0.3) is 5.91 Å². The minimum Gasteiger partial charge on any atom is -0.355 e. The summed E-state index contributed by atoms with van der Waals surface area (Å²) < 4.78 is 27.8. The SMILES string of the molecule is CNC(=O)c1c(-c2ccccc2)nn2cc(N3CCCCS3(=O)=O)ccc12. The van der Waals surface area contributed by atoms with Crippen LogP contribution in [0.1, 0.15) is 23.2 Å². The monoisotopic (exact) mass is 384 g/mol. The molecule has 1 aliphatic heterocycles. The predicted molar refractivity (Wildman–Crippen MR) is 104 cm³/mol. The van der Waals surface area contributed by atoms with Crippen molar-refractivity contribution >= 4 is 27.1 Å². The molecular formula is C19H20N4O3S. The second kappa shape index (κ2) is 6.70. The summed E-state index contributed by atoms with van der Waals surface area (Å²) >= 11 is 0. The summed E-state index contributed by atoms with van der Waals surface area (Å²) in [5.74, 6) is -0.0784. The molecule has 0 spiro atoms. The van der Waals surface area contributed by atoms with E-state index >= 15 is 0 Å². The van der Waals surface area contributed by atoms with Gasteiger partial charge in [-0.05, 0) is 25.0 Å². The van der Waals surface area contributed by atoms with Crippen LogP contribution >= 0.6 is 0 Å². The minimum atomic E-state index is -3.31. The average Bonchev–Trinajstić information content (AvgIpc) is 3.06. The molecule has 1 aromatic carbocycles. The second-order valence-electron chi connectivity index (χ2n) is 6.48. The van der Waals surface area contributed by atoms with E-state index in [-0.39, 0.29) is 11.7 Å². The highest BCUT2D eigenvalue weighted by Crippen LogP contribution is 2.29. The maximum atomic E-state index is 12.5. The molecule has 4 rings (SSSR count). The van der Waals surface area contributed by atoms with Crippen molar-refractivity contribution in [2.75, 3.05) is 23.7 Å². The zero-order valence-corrected chi connectivity index (χ0v) is 15.7. The van der Waals surface area contributed by atoms with Crippen LogP contribution in [-0.4, -0.2) is 43.3 Å². The number of aromatic nitrogens is 2. The number of hydrogen-bond donors (Lipinski definition) is 1. The quantitative estimate of drug-likeness (QED) is 0.751. The molecule has 0 bridgehead atoms. The Morgan fingerprint density at radius 3 is 2.59 bits per heavy atom. The molecule has 0 saturated carbocycles. The number of pyridine rings is 1. The van der Waals surface area contributed by atoms with E-state index in [1.54, 1.807) is 29.9 Å². The van der Waals surface area contributed by atoms with Crippen molar-refractivity contribution in [2.45, 2.75) is 12.8 Å². The highest BCUT2D eigenvalue weighted by atomic mass is 32.2. The van der Waals surface area contributed by atoms with Crippen LogP contribution in [0, 0.1) is 0 Å². The molecule has 140 valence electrons. The molecule has 0 unspecified atom stereocenters. The molecule has 27 heavy (non-hydrogen) atoms. The van der Waals surface area contributed by atoms with Gasteiger partial charge in [0.1, 0.15) is 5.69 Å². The van der Waals surface area contributed by atoms with Gasteiger partial charge in [0.15, 0.2) is 0 Å². The van der Waals surface area contributed by atoms with E-state index in [4.69, 9.17) is 0 Å². The van der Waals surface area contributed by atoms with Gasteiger partial charge in [0.05, 0.1) is 28.7 Å². The lowest BCUT2D eigenvalue weighted by Gasteiger charge is -2.28. The molecule has 1 fully saturated rings. The van der Waals surface area contributed by atoms with Crippen molar-refractivity contribution < 1.29 is 13.2 Å². The second-order valence-corrected chi connectivity index (χ2v) is 8.49. The van der Waals surface area contributed by atoms with E-state index in [1.165, 1.54) is 4.31 Å². The number of rotatable bonds is 3. The Kier molecular flexibility index (Phi) is 4.35. The third-order valence-electron chi connectivity index (χ3n) is 4.75. The minimum absolute atomic E-state index is 0.156. The van der Waals surface area contributed by atoms with Crippen LogP contribution < -0.4 is 9.62 Å². The number of sulfonamides is 1. The van der Waals surface area contributed by atoms with Crippen molar-refractivity contribution in [3.63, 3.8) is 0 Å². The van der Waals surface area contributed by atoms with E-state index in [0.29, 0.717) is 35.4 Å². The average molecular weight is 384 g/mol. The molecule has 0 atom stereocenters. The fourth-order valence-corrected chi connectivity index (χ4v) is 5.04. The number of nitrogens with zero attached hydrogens (tertiary/aromatic N) is 3. The molecule has 8 heteroatoms. The molecule has 1 amide bonds. The number of fused-ring (bicyclic) bond motifs is 1. The van der Waals surface area contributed by atoms with Crippen LogP contribution in [0.5, 0.6) is 0 Å². The number of carbonyl (C=O) groups is 1. The van der Waals surface area contributed by atoms with Gasteiger partial charge in [0, 0.05) is 19.2 Å². The standard InChI is InChI=1S/C19H20N4O3S/c1-20-19(24)17-16-10-9-15(23-11-5-6-12-27(23,25)26)13-22(16)21-18(17)14-7-3-2-4-8-14/h2-4,7-10,13H,5-6,11-12H2,1H3,(H,20,24). The van der Waals surface area contributed by atoms with E-state index in [0.717, 1.165) is 12.0 Å². The van der Waals surface area contributed by atoms with Gasteiger partial charge >= 0.3 is 0 Å². The van der Waals surface area contributed by atoms with Crippen LogP contribution in [0.2, 0.25) is 0 Å². The number of anilines is 1. The number of amides is 1. The Hall–Kier alpha value is -2.87. The van der Waals surface area contributed by atoms with Crippen LogP contribution in [-0.2, 0) is 10.0 Å². The maximum absolute atomic E-state index is 12.5. The molecule has 1 saturated heterocycles. The van der Waals surface area contributed by atoms with E-state index in [9.17, 15) is 13.2 Å². The van der Waals surface area contributed by atoms with E-state index < -0.39 is 10.0 Å². The maximum Gasteiger partial charge on any atom is 0.255 e. The molecule has 3 heterocycles. The molecule has 0 radical (unpaired) electrons. The zero-order valence-electron chi connectivity index (χ0n) is 14.9. The van der Waals surface area contributed by atoms with E-state index in [2.05, 4.69) is 10.4 Å². The predicted octanol–water partition coefficient (Wildman–Crippen LogP) is 2.29. The fraction of sp³-hybridized carbons (Fsp3) is 0.263. The van der Waals surface area contributed by atoms with Crippen molar-refractivity contribution in [1.29, 1.82) is 0 Å². The Bertz CT molecular complexity index is 1110. The molecule has 1 aliphatic rings. The van der Waals surface area contributed by atoms with Gasteiger partial charge in [0.2, 0.25) is 10.0 Å². The first-order valence-electron chi connectivity index (χ1n) is 8.81. The number of nitrogens with one attached hydrogen (secondary N) is 1. The van der Waals surface area contributed by atoms with Crippen LogP contribution in [0.4, 0.5) is 5.69 Å². The highest BCUT2D eigenvalue weighted by molar-refractivity contribution is 7.92. The summed E-state index contributed by atoms with van der Waals surface area (Å²) in [5, 5.41) is 7.25. The molecule has 3 aromatic rings. The Morgan fingerprint density at radius 2 is 1.89 bits per heavy atom. The summed E-state index contributed by atoms with van der Waals surface area (Å²) in [7, 11) is -1.73. The largest absolute Gasteiger partial charge is 0.355 e. The van der Waals surface area contributed by atoms with Crippen LogP contribution in [0.3, 0.4) is 0 Å². The van der Waals surface area contributed by atoms with Gasteiger partial charge in [-0.1, -0.05) is 30.3 Å². The van der Waals surface area contributed by atoms with Gasteiger partial charge in [-0.2, -0.15) is 5.10 Å². The third-order valence-corrected chi connectivity index (χ3v) is 6.62. The summed E-state index contributed by atoms with van der Waals surface area (Å²) in [6.07, 6.45) is 3.19. The molecular weight excluding hydrogens is 364 g/mol. The zero-order chi connectivity index (χ0) is 19.0.